The Hall–Kier alpha value is -2.96. The van der Waals surface area contributed by atoms with E-state index in [9.17, 15) is 9.18 Å². The zero-order valence-electron chi connectivity index (χ0n) is 16.0. The number of furan rings is 1. The zero-order chi connectivity index (χ0) is 20.1. The fraction of sp³-hybridized carbons (Fsp3) is 0.261. The number of nitrogens with zero attached hydrogens (tertiary/aromatic N) is 1. The molecule has 150 valence electrons. The van der Waals surface area contributed by atoms with E-state index in [1.165, 1.54) is 6.07 Å². The number of carbonyl (C=O) groups excluding carboxylic acids is 1. The molecule has 2 heterocycles. The summed E-state index contributed by atoms with van der Waals surface area (Å²) in [7, 11) is 0. The van der Waals surface area contributed by atoms with Crippen LogP contribution in [0, 0.1) is 5.82 Å². The first-order chi connectivity index (χ1) is 14.2. The highest BCUT2D eigenvalue weighted by atomic mass is 19.1. The summed E-state index contributed by atoms with van der Waals surface area (Å²) in [5, 5.41) is 3.07. The predicted molar refractivity (Wildman–Crippen MR) is 108 cm³/mol. The highest BCUT2D eigenvalue weighted by molar-refractivity contribution is 5.92. The molecule has 4 rings (SSSR count). The molecule has 1 aromatic heterocycles. The molecule has 1 saturated heterocycles. The van der Waals surface area contributed by atoms with Crippen molar-refractivity contribution in [2.45, 2.75) is 6.04 Å². The number of amides is 1. The number of rotatable bonds is 6. The molecule has 29 heavy (non-hydrogen) atoms. The van der Waals surface area contributed by atoms with Crippen molar-refractivity contribution in [2.75, 3.05) is 32.8 Å². The third-order valence-electron chi connectivity index (χ3n) is 5.02. The lowest BCUT2D eigenvalue weighted by molar-refractivity contribution is 0.0331. The molecule has 0 radical (unpaired) electrons. The third kappa shape index (κ3) is 4.72. The van der Waals surface area contributed by atoms with Crippen molar-refractivity contribution >= 4 is 5.91 Å². The monoisotopic (exact) mass is 394 g/mol. The van der Waals surface area contributed by atoms with Crippen LogP contribution in [0.3, 0.4) is 0 Å². The van der Waals surface area contributed by atoms with E-state index in [-0.39, 0.29) is 23.5 Å². The Bertz CT molecular complexity index is 952. The van der Waals surface area contributed by atoms with Gasteiger partial charge in [0, 0.05) is 19.6 Å². The van der Waals surface area contributed by atoms with E-state index in [4.69, 9.17) is 9.15 Å². The number of halogens is 1. The van der Waals surface area contributed by atoms with Crippen molar-refractivity contribution in [2.24, 2.45) is 0 Å². The van der Waals surface area contributed by atoms with Crippen molar-refractivity contribution in [1.29, 1.82) is 0 Å². The number of benzene rings is 2. The molecule has 1 fully saturated rings. The summed E-state index contributed by atoms with van der Waals surface area (Å²) in [5.74, 6) is -0.221. The quantitative estimate of drug-likeness (QED) is 0.689. The molecule has 6 heteroatoms. The lowest BCUT2D eigenvalue weighted by atomic mass is 10.1. The average molecular weight is 394 g/mol. The summed E-state index contributed by atoms with van der Waals surface area (Å²) >= 11 is 0. The minimum absolute atomic E-state index is 0.158. The molecular weight excluding hydrogens is 371 g/mol. The Morgan fingerprint density at radius 3 is 2.48 bits per heavy atom. The van der Waals surface area contributed by atoms with Gasteiger partial charge in [0.1, 0.15) is 11.6 Å². The van der Waals surface area contributed by atoms with E-state index in [1.54, 1.807) is 30.3 Å². The third-order valence-corrected chi connectivity index (χ3v) is 5.02. The predicted octanol–water partition coefficient (Wildman–Crippen LogP) is 3.89. The maximum absolute atomic E-state index is 14.0. The van der Waals surface area contributed by atoms with E-state index in [1.807, 2.05) is 30.3 Å². The van der Waals surface area contributed by atoms with Gasteiger partial charge in [0.25, 0.3) is 5.91 Å². The number of morpholine rings is 1. The van der Waals surface area contributed by atoms with Gasteiger partial charge in [0.15, 0.2) is 5.76 Å². The molecule has 0 unspecified atom stereocenters. The van der Waals surface area contributed by atoms with Gasteiger partial charge in [-0.1, -0.05) is 42.5 Å². The Kier molecular flexibility index (Phi) is 6.03. The number of carbonyl (C=O) groups is 1. The van der Waals surface area contributed by atoms with Gasteiger partial charge in [-0.05, 0) is 29.8 Å². The van der Waals surface area contributed by atoms with Gasteiger partial charge < -0.3 is 14.5 Å². The molecule has 1 N–H and O–H groups in total. The molecular formula is C23H23FN2O3. The summed E-state index contributed by atoms with van der Waals surface area (Å²) in [5.41, 5.74) is 1.35. The first-order valence-electron chi connectivity index (χ1n) is 9.71. The maximum atomic E-state index is 14.0. The standard InChI is InChI=1S/C23H23FN2O3/c24-19-9-5-4-8-18(19)21-10-11-22(29-21)23(27)25-20(17-6-2-1-3-7-17)16-26-12-14-28-15-13-26/h1-11,20H,12-16H2,(H,25,27)/t20-/m0/s1. The molecule has 0 aliphatic carbocycles. The van der Waals surface area contributed by atoms with E-state index >= 15 is 0 Å². The minimum Gasteiger partial charge on any atom is -0.451 e. The van der Waals surface area contributed by atoms with Crippen LogP contribution in [0.25, 0.3) is 11.3 Å². The van der Waals surface area contributed by atoms with E-state index in [2.05, 4.69) is 10.2 Å². The maximum Gasteiger partial charge on any atom is 0.287 e. The number of hydrogen-bond donors (Lipinski definition) is 1. The molecule has 5 nitrogen and oxygen atoms in total. The first-order valence-corrected chi connectivity index (χ1v) is 9.71. The van der Waals surface area contributed by atoms with Crippen LogP contribution >= 0.6 is 0 Å². The van der Waals surface area contributed by atoms with Crippen LogP contribution in [-0.2, 0) is 4.74 Å². The summed E-state index contributed by atoms with van der Waals surface area (Å²) in [6.45, 7) is 3.73. The van der Waals surface area contributed by atoms with Crippen LogP contribution in [0.5, 0.6) is 0 Å². The highest BCUT2D eigenvalue weighted by Gasteiger charge is 2.22. The fourth-order valence-corrected chi connectivity index (χ4v) is 3.46. The topological polar surface area (TPSA) is 54.7 Å². The molecule has 1 aliphatic rings. The number of ether oxygens (including phenoxy) is 1. The van der Waals surface area contributed by atoms with E-state index < -0.39 is 0 Å². The van der Waals surface area contributed by atoms with Crippen molar-refractivity contribution in [1.82, 2.24) is 10.2 Å². The molecule has 2 aromatic carbocycles. The van der Waals surface area contributed by atoms with Gasteiger partial charge in [0.05, 0.1) is 24.8 Å². The summed E-state index contributed by atoms with van der Waals surface area (Å²) < 4.78 is 25.1. The second kappa shape index (κ2) is 9.03. The van der Waals surface area contributed by atoms with Crippen molar-refractivity contribution < 1.29 is 18.3 Å². The van der Waals surface area contributed by atoms with Crippen LogP contribution in [0.1, 0.15) is 22.2 Å². The summed E-state index contributed by atoms with van der Waals surface area (Å²) in [4.78, 5) is 15.1. The van der Waals surface area contributed by atoms with Gasteiger partial charge in [0.2, 0.25) is 0 Å². The van der Waals surface area contributed by atoms with Crippen molar-refractivity contribution in [3.05, 3.63) is 83.9 Å². The van der Waals surface area contributed by atoms with Crippen molar-refractivity contribution in [3.63, 3.8) is 0 Å². The van der Waals surface area contributed by atoms with E-state index in [0.29, 0.717) is 31.1 Å². The Labute approximate surface area is 169 Å². The van der Waals surface area contributed by atoms with Gasteiger partial charge in [-0.2, -0.15) is 0 Å². The van der Waals surface area contributed by atoms with Crippen LogP contribution in [-0.4, -0.2) is 43.7 Å². The van der Waals surface area contributed by atoms with Gasteiger partial charge in [-0.15, -0.1) is 0 Å². The fourth-order valence-electron chi connectivity index (χ4n) is 3.46. The average Bonchev–Trinajstić information content (AvgIpc) is 3.25. The van der Waals surface area contributed by atoms with Crippen LogP contribution < -0.4 is 5.32 Å². The molecule has 1 atom stereocenters. The van der Waals surface area contributed by atoms with Crippen molar-refractivity contribution in [3.8, 4) is 11.3 Å². The molecule has 0 spiro atoms. The SMILES string of the molecule is O=C(N[C@@H](CN1CCOCC1)c1ccccc1)c1ccc(-c2ccccc2F)o1. The molecule has 3 aromatic rings. The van der Waals surface area contributed by atoms with Gasteiger partial charge in [-0.25, -0.2) is 4.39 Å². The van der Waals surface area contributed by atoms with Crippen LogP contribution in [0.4, 0.5) is 4.39 Å². The normalized spacial score (nSPS) is 15.8. The zero-order valence-corrected chi connectivity index (χ0v) is 16.0. The Morgan fingerprint density at radius 1 is 1.00 bits per heavy atom. The number of hydrogen-bond acceptors (Lipinski definition) is 4. The second-order valence-corrected chi connectivity index (χ2v) is 6.99. The molecule has 1 aliphatic heterocycles. The summed E-state index contributed by atoms with van der Waals surface area (Å²) in [6.07, 6.45) is 0. The lowest BCUT2D eigenvalue weighted by Gasteiger charge is -2.31. The Balaban J connectivity index is 1.51. The summed E-state index contributed by atoms with van der Waals surface area (Å²) in [6, 6.07) is 19.2. The van der Waals surface area contributed by atoms with Crippen LogP contribution in [0.2, 0.25) is 0 Å². The number of nitrogens with one attached hydrogen (secondary N) is 1. The van der Waals surface area contributed by atoms with Gasteiger partial charge >= 0.3 is 0 Å². The molecule has 1 amide bonds. The smallest absolute Gasteiger partial charge is 0.287 e. The highest BCUT2D eigenvalue weighted by Crippen LogP contribution is 2.25. The molecule has 0 saturated carbocycles. The van der Waals surface area contributed by atoms with Gasteiger partial charge in [-0.3, -0.25) is 9.69 Å². The first kappa shape index (κ1) is 19.4. The van der Waals surface area contributed by atoms with E-state index in [0.717, 1.165) is 18.7 Å². The van der Waals surface area contributed by atoms with Crippen LogP contribution in [0.15, 0.2) is 71.1 Å². The largest absolute Gasteiger partial charge is 0.451 e. The minimum atomic E-state index is -0.386. The molecule has 0 bridgehead atoms. The Morgan fingerprint density at radius 2 is 1.72 bits per heavy atom. The lowest BCUT2D eigenvalue weighted by Crippen LogP contribution is -2.43. The second-order valence-electron chi connectivity index (χ2n) is 6.99.